The molecule has 0 spiro atoms. The van der Waals surface area contributed by atoms with E-state index in [1.807, 2.05) is 0 Å². The number of likely N-dealkylation sites (N-methyl/N-ethyl adjacent to an activating group) is 1. The molecule has 4 amide bonds. The smallest absolute Gasteiger partial charge is 0.252 e. The molecule has 1 aliphatic rings. The summed E-state index contributed by atoms with van der Waals surface area (Å²) in [7, 11) is 1.43. The Labute approximate surface area is 130 Å². The zero-order chi connectivity index (χ0) is 16.9. The topological polar surface area (TPSA) is 108 Å². The van der Waals surface area contributed by atoms with Gasteiger partial charge >= 0.3 is 0 Å². The minimum absolute atomic E-state index is 0.269. The van der Waals surface area contributed by atoms with Crippen LogP contribution in [0, 0.1) is 0 Å². The van der Waals surface area contributed by atoms with Gasteiger partial charge in [-0.3, -0.25) is 24.1 Å². The van der Waals surface area contributed by atoms with Crippen molar-refractivity contribution in [3.63, 3.8) is 0 Å². The molecule has 8 nitrogen and oxygen atoms in total. The van der Waals surface area contributed by atoms with Crippen molar-refractivity contribution < 1.29 is 19.2 Å². The van der Waals surface area contributed by atoms with Crippen LogP contribution in [-0.4, -0.2) is 60.2 Å². The van der Waals surface area contributed by atoms with Gasteiger partial charge in [0, 0.05) is 14.0 Å². The van der Waals surface area contributed by atoms with E-state index >= 15 is 0 Å². The molecule has 0 aliphatic carbocycles. The second-order valence-electron chi connectivity index (χ2n) is 5.40. The van der Waals surface area contributed by atoms with Gasteiger partial charge in [0.25, 0.3) is 5.91 Å². The van der Waals surface area contributed by atoms with Crippen LogP contribution in [0.1, 0.15) is 33.6 Å². The van der Waals surface area contributed by atoms with E-state index in [-0.39, 0.29) is 11.9 Å². The Bertz CT molecular complexity index is 460. The summed E-state index contributed by atoms with van der Waals surface area (Å²) in [4.78, 5) is 48.6. The van der Waals surface area contributed by atoms with Gasteiger partial charge in [0.2, 0.25) is 17.7 Å². The van der Waals surface area contributed by atoms with Gasteiger partial charge in [-0.15, -0.1) is 0 Å². The molecular weight excluding hydrogens is 288 g/mol. The summed E-state index contributed by atoms with van der Waals surface area (Å²) in [6, 6.07) is -2.12. The fourth-order valence-electron chi connectivity index (χ4n) is 2.44. The van der Waals surface area contributed by atoms with Crippen LogP contribution in [0.2, 0.25) is 0 Å². The van der Waals surface area contributed by atoms with Gasteiger partial charge in [-0.2, -0.15) is 0 Å². The van der Waals surface area contributed by atoms with Gasteiger partial charge < -0.3 is 16.0 Å². The van der Waals surface area contributed by atoms with Crippen LogP contribution in [0.3, 0.4) is 0 Å². The summed E-state index contributed by atoms with van der Waals surface area (Å²) in [5.74, 6) is -1.86. The lowest BCUT2D eigenvalue weighted by Crippen LogP contribution is -2.56. The van der Waals surface area contributed by atoms with E-state index in [0.717, 1.165) is 24.3 Å². The Kier molecular flexibility index (Phi) is 6.48. The number of nitrogens with one attached hydrogen (secondary N) is 3. The van der Waals surface area contributed by atoms with Crippen LogP contribution >= 0.6 is 0 Å². The lowest BCUT2D eigenvalue weighted by Gasteiger charge is -2.28. The van der Waals surface area contributed by atoms with Gasteiger partial charge in [0.15, 0.2) is 0 Å². The molecular formula is C14H24N4O4. The molecule has 1 rings (SSSR count). The van der Waals surface area contributed by atoms with Crippen molar-refractivity contribution >= 4 is 23.6 Å². The zero-order valence-corrected chi connectivity index (χ0v) is 13.4. The molecule has 0 bridgehead atoms. The van der Waals surface area contributed by atoms with Gasteiger partial charge in [-0.05, 0) is 33.2 Å². The molecule has 22 heavy (non-hydrogen) atoms. The van der Waals surface area contributed by atoms with Crippen molar-refractivity contribution in [1.29, 1.82) is 0 Å². The number of nitrogens with zero attached hydrogens (tertiary/aromatic N) is 1. The minimum Gasteiger partial charge on any atom is -0.357 e. The van der Waals surface area contributed by atoms with E-state index in [9.17, 15) is 19.2 Å². The summed E-state index contributed by atoms with van der Waals surface area (Å²) < 4.78 is 0. The molecule has 124 valence electrons. The van der Waals surface area contributed by atoms with Crippen molar-refractivity contribution in [2.75, 3.05) is 13.6 Å². The number of rotatable bonds is 5. The molecule has 0 radical (unpaired) electrons. The minimum atomic E-state index is -0.932. The van der Waals surface area contributed by atoms with E-state index in [1.54, 1.807) is 0 Å². The highest BCUT2D eigenvalue weighted by molar-refractivity contribution is 6.02. The summed E-state index contributed by atoms with van der Waals surface area (Å²) in [5.41, 5.74) is 0. The Hall–Kier alpha value is -1.96. The molecule has 0 saturated carbocycles. The van der Waals surface area contributed by atoms with Crippen LogP contribution in [0.25, 0.3) is 0 Å². The molecule has 1 fully saturated rings. The fraction of sp³-hybridized carbons (Fsp3) is 0.714. The molecule has 1 aliphatic heterocycles. The summed E-state index contributed by atoms with van der Waals surface area (Å²) >= 11 is 0. The first kappa shape index (κ1) is 18.1. The van der Waals surface area contributed by atoms with Gasteiger partial charge in [-0.1, -0.05) is 0 Å². The first-order valence-electron chi connectivity index (χ1n) is 7.38. The quantitative estimate of drug-likeness (QED) is 0.588. The molecule has 1 heterocycles. The largest absolute Gasteiger partial charge is 0.357 e. The Morgan fingerprint density at radius 2 is 1.86 bits per heavy atom. The number of imide groups is 1. The summed E-state index contributed by atoms with van der Waals surface area (Å²) in [6.07, 6.45) is 1.63. The Morgan fingerprint density at radius 1 is 1.23 bits per heavy atom. The molecule has 3 N–H and O–H groups in total. The predicted octanol–water partition coefficient (Wildman–Crippen LogP) is -1.25. The molecule has 3 atom stereocenters. The second-order valence-corrected chi connectivity index (χ2v) is 5.40. The van der Waals surface area contributed by atoms with Crippen LogP contribution < -0.4 is 16.0 Å². The average Bonchev–Trinajstić information content (AvgIpc) is 2.99. The first-order chi connectivity index (χ1) is 10.3. The highest BCUT2D eigenvalue weighted by Crippen LogP contribution is 2.07. The van der Waals surface area contributed by atoms with E-state index in [1.165, 1.54) is 27.8 Å². The zero-order valence-electron chi connectivity index (χ0n) is 13.4. The van der Waals surface area contributed by atoms with Gasteiger partial charge in [-0.25, -0.2) is 0 Å². The van der Waals surface area contributed by atoms with Crippen LogP contribution in [0.15, 0.2) is 0 Å². The van der Waals surface area contributed by atoms with Crippen molar-refractivity contribution in [3.05, 3.63) is 0 Å². The normalized spacial score (nSPS) is 19.9. The first-order valence-corrected chi connectivity index (χ1v) is 7.38. The lowest BCUT2D eigenvalue weighted by atomic mass is 10.1. The summed E-state index contributed by atoms with van der Waals surface area (Å²) in [5, 5.41) is 8.02. The van der Waals surface area contributed by atoms with Crippen molar-refractivity contribution in [2.45, 2.75) is 51.7 Å². The average molecular weight is 312 g/mol. The van der Waals surface area contributed by atoms with Crippen molar-refractivity contribution in [1.82, 2.24) is 20.9 Å². The third-order valence-corrected chi connectivity index (χ3v) is 3.70. The number of hydrogen-bond donors (Lipinski definition) is 3. The molecule has 0 unspecified atom stereocenters. The number of carbonyl (C=O) groups excluding carboxylic acids is 4. The maximum atomic E-state index is 12.4. The standard InChI is InChI=1S/C14H24N4O4/c1-8(17-13(21)11-6-5-7-16-11)14(22)18(10(3)19)9(2)12(20)15-4/h8-9,11,16H,5-7H2,1-4H3,(H,15,20)(H,17,21)/t8-,9-,11-/m0/s1. The highest BCUT2D eigenvalue weighted by atomic mass is 16.2. The highest BCUT2D eigenvalue weighted by Gasteiger charge is 2.33. The lowest BCUT2D eigenvalue weighted by molar-refractivity contribution is -0.152. The number of amides is 4. The Morgan fingerprint density at radius 3 is 2.32 bits per heavy atom. The SMILES string of the molecule is CNC(=O)[C@H](C)N(C(C)=O)C(=O)[C@H](C)NC(=O)[C@@H]1CCCN1. The third-order valence-electron chi connectivity index (χ3n) is 3.70. The molecule has 8 heteroatoms. The molecule has 0 aromatic heterocycles. The van der Waals surface area contributed by atoms with Crippen molar-refractivity contribution in [3.8, 4) is 0 Å². The predicted molar refractivity (Wildman–Crippen MR) is 79.7 cm³/mol. The van der Waals surface area contributed by atoms with Crippen LogP contribution in [0.4, 0.5) is 0 Å². The Balaban J connectivity index is 2.74. The molecule has 1 saturated heterocycles. The monoisotopic (exact) mass is 312 g/mol. The van der Waals surface area contributed by atoms with E-state index in [0.29, 0.717) is 0 Å². The summed E-state index contributed by atoms with van der Waals surface area (Å²) in [6.45, 7) is 4.95. The molecule has 0 aromatic carbocycles. The third kappa shape index (κ3) is 4.27. The van der Waals surface area contributed by atoms with E-state index in [4.69, 9.17) is 0 Å². The van der Waals surface area contributed by atoms with E-state index in [2.05, 4.69) is 16.0 Å². The number of hydrogen-bond acceptors (Lipinski definition) is 5. The van der Waals surface area contributed by atoms with Crippen LogP contribution in [0.5, 0.6) is 0 Å². The fourth-order valence-corrected chi connectivity index (χ4v) is 2.44. The van der Waals surface area contributed by atoms with E-state index < -0.39 is 29.8 Å². The van der Waals surface area contributed by atoms with Gasteiger partial charge in [0.05, 0.1) is 6.04 Å². The second kappa shape index (κ2) is 7.88. The van der Waals surface area contributed by atoms with Crippen molar-refractivity contribution in [2.24, 2.45) is 0 Å². The number of carbonyl (C=O) groups is 4. The maximum Gasteiger partial charge on any atom is 0.252 e. The molecule has 0 aromatic rings. The van der Waals surface area contributed by atoms with Gasteiger partial charge in [0.1, 0.15) is 12.1 Å². The van der Waals surface area contributed by atoms with Crippen LogP contribution in [-0.2, 0) is 19.2 Å². The maximum absolute atomic E-state index is 12.4.